The number of ether oxygens (including phenoxy) is 2. The monoisotopic (exact) mass is 460 g/mol. The van der Waals surface area contributed by atoms with Crippen molar-refractivity contribution in [3.63, 3.8) is 0 Å². The topological polar surface area (TPSA) is 60.8 Å². The van der Waals surface area contributed by atoms with E-state index < -0.39 is 0 Å². The number of morpholine rings is 1. The highest BCUT2D eigenvalue weighted by Crippen LogP contribution is 2.44. The maximum atomic E-state index is 14.0. The van der Waals surface area contributed by atoms with Crippen LogP contribution in [0.2, 0.25) is 0 Å². The standard InChI is InChI=1S/C28H32N2O4/c1-28(2)16-24-25(26(31)22(28)18-29-12-14-34-15-13-29)21-6-4-5-7-23(21)30(24)17-19-8-10-20(11-9-19)27(32)33-3/h4-11,22H,12-18H2,1-3H3. The number of esters is 1. The Kier molecular flexibility index (Phi) is 6.04. The molecule has 1 aromatic heterocycles. The van der Waals surface area contributed by atoms with Crippen molar-refractivity contribution >= 4 is 22.7 Å². The van der Waals surface area contributed by atoms with Gasteiger partial charge in [-0.3, -0.25) is 9.69 Å². The molecule has 1 saturated heterocycles. The fourth-order valence-electron chi connectivity index (χ4n) is 5.50. The lowest BCUT2D eigenvalue weighted by molar-refractivity contribution is 0.0172. The molecule has 1 unspecified atom stereocenters. The molecule has 0 amide bonds. The first-order chi connectivity index (χ1) is 16.4. The van der Waals surface area contributed by atoms with Gasteiger partial charge in [-0.15, -0.1) is 0 Å². The van der Waals surface area contributed by atoms with Crippen LogP contribution in [0.1, 0.15) is 45.8 Å². The number of methoxy groups -OCH3 is 1. The van der Waals surface area contributed by atoms with Crippen molar-refractivity contribution < 1.29 is 19.1 Å². The fraction of sp³-hybridized carbons (Fsp3) is 0.429. The Hall–Kier alpha value is -2.96. The minimum Gasteiger partial charge on any atom is -0.465 e. The fourth-order valence-corrected chi connectivity index (χ4v) is 5.50. The third-order valence-electron chi connectivity index (χ3n) is 7.47. The number of hydrogen-bond donors (Lipinski definition) is 0. The Labute approximate surface area is 200 Å². The average molecular weight is 461 g/mol. The molecular weight excluding hydrogens is 428 g/mol. The zero-order chi connectivity index (χ0) is 23.9. The number of carbonyl (C=O) groups is 2. The molecule has 0 N–H and O–H groups in total. The number of Topliss-reactive ketones (excluding diaryl/α,β-unsaturated/α-hetero) is 1. The van der Waals surface area contributed by atoms with Crippen molar-refractivity contribution in [2.45, 2.75) is 26.8 Å². The van der Waals surface area contributed by atoms with Crippen molar-refractivity contribution in [2.24, 2.45) is 11.3 Å². The zero-order valence-electron chi connectivity index (χ0n) is 20.2. The van der Waals surface area contributed by atoms with E-state index in [0.29, 0.717) is 12.1 Å². The molecule has 1 aliphatic carbocycles. The van der Waals surface area contributed by atoms with Gasteiger partial charge in [-0.2, -0.15) is 0 Å². The summed E-state index contributed by atoms with van der Waals surface area (Å²) in [5, 5.41) is 1.04. The van der Waals surface area contributed by atoms with Crippen molar-refractivity contribution in [1.29, 1.82) is 0 Å². The number of aromatic nitrogens is 1. The molecule has 1 fully saturated rings. The molecule has 0 saturated carbocycles. The van der Waals surface area contributed by atoms with E-state index in [9.17, 15) is 9.59 Å². The molecule has 6 nitrogen and oxygen atoms in total. The van der Waals surface area contributed by atoms with Crippen molar-refractivity contribution in [2.75, 3.05) is 40.0 Å². The summed E-state index contributed by atoms with van der Waals surface area (Å²) >= 11 is 0. The third kappa shape index (κ3) is 4.05. The molecule has 34 heavy (non-hydrogen) atoms. The van der Waals surface area contributed by atoms with Gasteiger partial charge in [-0.25, -0.2) is 4.79 Å². The molecule has 0 bridgehead atoms. The number of ketones is 1. The second kappa shape index (κ2) is 9.01. The molecule has 3 aromatic rings. The summed E-state index contributed by atoms with van der Waals surface area (Å²) < 4.78 is 12.6. The zero-order valence-corrected chi connectivity index (χ0v) is 20.2. The smallest absolute Gasteiger partial charge is 0.337 e. The first kappa shape index (κ1) is 22.8. The van der Waals surface area contributed by atoms with E-state index in [1.54, 1.807) is 12.1 Å². The van der Waals surface area contributed by atoms with E-state index in [1.807, 2.05) is 24.3 Å². The molecule has 2 aromatic carbocycles. The summed E-state index contributed by atoms with van der Waals surface area (Å²) in [6, 6.07) is 15.8. The number of rotatable bonds is 5. The Morgan fingerprint density at radius 1 is 1.09 bits per heavy atom. The number of carbonyl (C=O) groups excluding carboxylic acids is 2. The van der Waals surface area contributed by atoms with Crippen molar-refractivity contribution in [1.82, 2.24) is 9.47 Å². The molecule has 6 heteroatoms. The summed E-state index contributed by atoms with van der Waals surface area (Å²) in [6.45, 7) is 9.13. The SMILES string of the molecule is COC(=O)c1ccc(Cn2c3c(c4ccccc42)C(=O)C(CN2CCOCC2)C(C)(C)C3)cc1. The highest BCUT2D eigenvalue weighted by atomic mass is 16.5. The predicted octanol–water partition coefficient (Wildman–Crippen LogP) is 4.19. The van der Waals surface area contributed by atoms with E-state index in [4.69, 9.17) is 9.47 Å². The van der Waals surface area contributed by atoms with Gasteiger partial charge in [-0.1, -0.05) is 44.2 Å². The average Bonchev–Trinajstić information content (AvgIpc) is 3.15. The van der Waals surface area contributed by atoms with E-state index in [1.165, 1.54) is 7.11 Å². The van der Waals surface area contributed by atoms with Crippen molar-refractivity contribution in [3.05, 3.63) is 70.9 Å². The Morgan fingerprint density at radius 2 is 1.79 bits per heavy atom. The van der Waals surface area contributed by atoms with Gasteiger partial charge in [0.15, 0.2) is 5.78 Å². The van der Waals surface area contributed by atoms with Crippen LogP contribution in [0.5, 0.6) is 0 Å². The molecule has 1 atom stereocenters. The lowest BCUT2D eigenvalue weighted by atomic mass is 9.67. The molecule has 0 radical (unpaired) electrons. The van der Waals surface area contributed by atoms with Crippen LogP contribution in [0.25, 0.3) is 10.9 Å². The van der Waals surface area contributed by atoms with Crippen LogP contribution < -0.4 is 0 Å². The molecule has 1 aliphatic heterocycles. The van der Waals surface area contributed by atoms with Crippen LogP contribution in [-0.4, -0.2) is 61.2 Å². The van der Waals surface area contributed by atoms with Crippen LogP contribution in [0.4, 0.5) is 0 Å². The molecule has 2 heterocycles. The van der Waals surface area contributed by atoms with E-state index in [-0.39, 0.29) is 23.1 Å². The third-order valence-corrected chi connectivity index (χ3v) is 7.47. The summed E-state index contributed by atoms with van der Waals surface area (Å²) in [7, 11) is 1.39. The minimum atomic E-state index is -0.339. The summed E-state index contributed by atoms with van der Waals surface area (Å²) in [4.78, 5) is 28.2. The van der Waals surface area contributed by atoms with Gasteiger partial charge >= 0.3 is 5.97 Å². The van der Waals surface area contributed by atoms with Gasteiger partial charge in [0.05, 0.1) is 25.9 Å². The second-order valence-corrected chi connectivity index (χ2v) is 10.1. The Bertz CT molecular complexity index is 1220. The van der Waals surface area contributed by atoms with Gasteiger partial charge in [0, 0.05) is 54.3 Å². The number of para-hydroxylation sites is 1. The summed E-state index contributed by atoms with van der Waals surface area (Å²) in [6.07, 6.45) is 0.845. The van der Waals surface area contributed by atoms with Gasteiger partial charge in [0.2, 0.25) is 0 Å². The van der Waals surface area contributed by atoms with Crippen LogP contribution in [0.15, 0.2) is 48.5 Å². The van der Waals surface area contributed by atoms with Gasteiger partial charge < -0.3 is 14.0 Å². The van der Waals surface area contributed by atoms with E-state index >= 15 is 0 Å². The van der Waals surface area contributed by atoms with Crippen LogP contribution in [-0.2, 0) is 22.4 Å². The first-order valence-corrected chi connectivity index (χ1v) is 12.0. The van der Waals surface area contributed by atoms with Gasteiger partial charge in [0.1, 0.15) is 0 Å². The maximum Gasteiger partial charge on any atom is 0.337 e. The van der Waals surface area contributed by atoms with Crippen LogP contribution in [0.3, 0.4) is 0 Å². The van der Waals surface area contributed by atoms with Crippen LogP contribution in [0, 0.1) is 11.3 Å². The molecule has 2 aliphatic rings. The lowest BCUT2D eigenvalue weighted by Crippen LogP contribution is -2.48. The largest absolute Gasteiger partial charge is 0.465 e. The van der Waals surface area contributed by atoms with Crippen LogP contribution >= 0.6 is 0 Å². The molecule has 178 valence electrons. The van der Waals surface area contributed by atoms with Gasteiger partial charge in [0.25, 0.3) is 0 Å². The molecule has 0 spiro atoms. The number of nitrogens with zero attached hydrogens (tertiary/aromatic N) is 2. The Balaban J connectivity index is 1.53. The summed E-state index contributed by atoms with van der Waals surface area (Å²) in [5.41, 5.74) is 4.56. The number of fused-ring (bicyclic) bond motifs is 3. The number of benzene rings is 2. The highest BCUT2D eigenvalue weighted by Gasteiger charge is 2.44. The molecular formula is C28H32N2O4. The number of hydrogen-bond acceptors (Lipinski definition) is 5. The van der Waals surface area contributed by atoms with Gasteiger partial charge in [-0.05, 0) is 35.6 Å². The quantitative estimate of drug-likeness (QED) is 0.535. The second-order valence-electron chi connectivity index (χ2n) is 10.1. The lowest BCUT2D eigenvalue weighted by Gasteiger charge is -2.41. The predicted molar refractivity (Wildman–Crippen MR) is 131 cm³/mol. The summed E-state index contributed by atoms with van der Waals surface area (Å²) in [5.74, 6) is -0.126. The molecule has 5 rings (SSSR count). The Morgan fingerprint density at radius 3 is 2.50 bits per heavy atom. The minimum absolute atomic E-state index is 0.0447. The van der Waals surface area contributed by atoms with E-state index in [0.717, 1.165) is 67.0 Å². The normalized spacial score (nSPS) is 20.3. The highest BCUT2D eigenvalue weighted by molar-refractivity contribution is 6.11. The maximum absolute atomic E-state index is 14.0. The first-order valence-electron chi connectivity index (χ1n) is 12.0. The van der Waals surface area contributed by atoms with E-state index in [2.05, 4.69) is 35.4 Å². The van der Waals surface area contributed by atoms with Crippen molar-refractivity contribution in [3.8, 4) is 0 Å².